The van der Waals surface area contributed by atoms with Crippen molar-refractivity contribution in [2.24, 2.45) is 34.5 Å². The van der Waals surface area contributed by atoms with Crippen molar-refractivity contribution in [3.63, 3.8) is 0 Å². The van der Waals surface area contributed by atoms with Gasteiger partial charge in [-0.05, 0) is 81.1 Å². The molecule has 3 saturated carbocycles. The fraction of sp³-hybridized carbons (Fsp3) is 0.760. The predicted molar refractivity (Wildman–Crippen MR) is 113 cm³/mol. The Hall–Kier alpha value is -1.98. The van der Waals surface area contributed by atoms with E-state index in [1.165, 1.54) is 0 Å². The summed E-state index contributed by atoms with van der Waals surface area (Å²) in [4.78, 5) is 47.6. The molecule has 170 valence electrons. The molecule has 6 nitrogen and oxygen atoms in total. The second kappa shape index (κ2) is 8.18. The Morgan fingerprint density at radius 2 is 1.84 bits per heavy atom. The van der Waals surface area contributed by atoms with Crippen LogP contribution in [-0.2, 0) is 23.9 Å². The lowest BCUT2D eigenvalue weighted by molar-refractivity contribution is -0.155. The van der Waals surface area contributed by atoms with Gasteiger partial charge in [-0.1, -0.05) is 12.5 Å². The van der Waals surface area contributed by atoms with E-state index >= 15 is 0 Å². The van der Waals surface area contributed by atoms with E-state index in [1.807, 2.05) is 0 Å². The van der Waals surface area contributed by atoms with Crippen LogP contribution in [0.15, 0.2) is 11.6 Å². The lowest BCUT2D eigenvalue weighted by Gasteiger charge is -2.58. The highest BCUT2D eigenvalue weighted by atomic mass is 16.5. The van der Waals surface area contributed by atoms with Gasteiger partial charge in [-0.25, -0.2) is 0 Å². The van der Waals surface area contributed by atoms with Crippen molar-refractivity contribution in [2.75, 3.05) is 6.61 Å². The van der Waals surface area contributed by atoms with Gasteiger partial charge < -0.3 is 9.84 Å². The molecule has 0 aromatic rings. The molecular formula is C25H34O6. The fourth-order valence-corrected chi connectivity index (χ4v) is 7.79. The van der Waals surface area contributed by atoms with E-state index in [9.17, 15) is 19.2 Å². The summed E-state index contributed by atoms with van der Waals surface area (Å²) < 4.78 is 5.66. The first-order valence-corrected chi connectivity index (χ1v) is 11.8. The maximum Gasteiger partial charge on any atom is 0.306 e. The summed E-state index contributed by atoms with van der Waals surface area (Å²) in [5, 5.41) is 8.84. The molecular weight excluding hydrogens is 396 g/mol. The quantitative estimate of drug-likeness (QED) is 0.637. The molecule has 4 rings (SSSR count). The van der Waals surface area contributed by atoms with Crippen molar-refractivity contribution in [3.05, 3.63) is 11.6 Å². The Balaban J connectivity index is 1.59. The van der Waals surface area contributed by atoms with Gasteiger partial charge in [-0.2, -0.15) is 0 Å². The summed E-state index contributed by atoms with van der Waals surface area (Å²) in [6.45, 7) is 4.28. The minimum Gasteiger partial charge on any atom is -0.481 e. The number of hydrogen-bond acceptors (Lipinski definition) is 5. The zero-order valence-electron chi connectivity index (χ0n) is 18.7. The number of aliphatic carboxylic acids is 1. The highest BCUT2D eigenvalue weighted by molar-refractivity contribution is 5.91. The van der Waals surface area contributed by atoms with E-state index in [-0.39, 0.29) is 42.0 Å². The van der Waals surface area contributed by atoms with Crippen LogP contribution in [0.25, 0.3) is 0 Å². The van der Waals surface area contributed by atoms with E-state index in [0.717, 1.165) is 44.1 Å². The molecule has 6 atom stereocenters. The zero-order chi connectivity index (χ0) is 22.4. The van der Waals surface area contributed by atoms with Crippen molar-refractivity contribution in [3.8, 4) is 0 Å². The predicted octanol–water partition coefficient (Wildman–Crippen LogP) is 4.11. The maximum atomic E-state index is 12.3. The number of carboxylic acid groups (broad SMARTS) is 1. The Morgan fingerprint density at radius 3 is 2.55 bits per heavy atom. The average Bonchev–Trinajstić information content (AvgIpc) is 3.08. The number of carboxylic acids is 1. The summed E-state index contributed by atoms with van der Waals surface area (Å²) in [7, 11) is 0. The van der Waals surface area contributed by atoms with Crippen molar-refractivity contribution < 1.29 is 29.0 Å². The molecule has 0 radical (unpaired) electrons. The lowest BCUT2D eigenvalue weighted by Crippen LogP contribution is -2.53. The molecule has 3 fully saturated rings. The summed E-state index contributed by atoms with van der Waals surface area (Å²) in [6.07, 6.45) is 8.52. The molecule has 0 heterocycles. The van der Waals surface area contributed by atoms with Gasteiger partial charge in [0.2, 0.25) is 0 Å². The van der Waals surface area contributed by atoms with Crippen molar-refractivity contribution >= 4 is 23.5 Å². The molecule has 0 aromatic carbocycles. The molecule has 4 aliphatic carbocycles. The highest BCUT2D eigenvalue weighted by Crippen LogP contribution is 2.66. The standard InChI is InChI=1S/C25H34O6/c1-15(26)19-5-6-20-18-4-3-16-13-17(27)9-12-25(16,21(18)10-11-24(19,20)2)14-31-23(30)8-7-22(28)29/h13,18-21H,3-12,14H2,1-2H3,(H,28,29)/t18?,19?,20?,21?,24-,25-/m1/s1. The number of Topliss-reactive ketones (excluding diaryl/α,β-unsaturated/α-hetero) is 1. The lowest BCUT2D eigenvalue weighted by atomic mass is 9.46. The molecule has 0 bridgehead atoms. The Kier molecular flexibility index (Phi) is 5.86. The van der Waals surface area contributed by atoms with Gasteiger partial charge in [-0.3, -0.25) is 19.2 Å². The SMILES string of the molecule is CC(=O)C1CCC2C3CCC4=CC(=O)CC[C@]4(COC(=O)CCC(=O)O)C3CC[C@]12C. The fourth-order valence-electron chi connectivity index (χ4n) is 7.79. The Labute approximate surface area is 183 Å². The van der Waals surface area contributed by atoms with E-state index in [0.29, 0.717) is 36.4 Å². The van der Waals surface area contributed by atoms with E-state index in [1.54, 1.807) is 13.0 Å². The minimum atomic E-state index is -1.01. The van der Waals surface area contributed by atoms with Gasteiger partial charge in [0, 0.05) is 17.8 Å². The first kappa shape index (κ1) is 22.2. The number of ketones is 2. The third kappa shape index (κ3) is 3.76. The minimum absolute atomic E-state index is 0.0536. The number of ether oxygens (including phenoxy) is 1. The average molecular weight is 431 g/mol. The van der Waals surface area contributed by atoms with Crippen LogP contribution in [-0.4, -0.2) is 35.2 Å². The summed E-state index contributed by atoms with van der Waals surface area (Å²) in [6, 6.07) is 0. The molecule has 0 aromatic heterocycles. The Bertz CT molecular complexity index is 828. The second-order valence-electron chi connectivity index (χ2n) is 10.5. The maximum absolute atomic E-state index is 12.3. The van der Waals surface area contributed by atoms with E-state index in [4.69, 9.17) is 9.84 Å². The van der Waals surface area contributed by atoms with Gasteiger partial charge in [-0.15, -0.1) is 0 Å². The van der Waals surface area contributed by atoms with Crippen molar-refractivity contribution in [1.29, 1.82) is 0 Å². The van der Waals surface area contributed by atoms with Crippen LogP contribution in [0.5, 0.6) is 0 Å². The second-order valence-corrected chi connectivity index (χ2v) is 10.5. The van der Waals surface area contributed by atoms with Gasteiger partial charge in [0.25, 0.3) is 0 Å². The van der Waals surface area contributed by atoms with Gasteiger partial charge in [0.05, 0.1) is 12.8 Å². The number of fused-ring (bicyclic) bond motifs is 5. The number of carbonyl (C=O) groups is 4. The topological polar surface area (TPSA) is 97.7 Å². The number of esters is 1. The van der Waals surface area contributed by atoms with Crippen LogP contribution in [0.3, 0.4) is 0 Å². The zero-order valence-corrected chi connectivity index (χ0v) is 18.7. The number of rotatable bonds is 6. The number of hydrogen-bond donors (Lipinski definition) is 1. The van der Waals surface area contributed by atoms with Gasteiger partial charge >= 0.3 is 11.9 Å². The molecule has 0 saturated heterocycles. The molecule has 1 N–H and O–H groups in total. The molecule has 0 amide bonds. The Morgan fingerprint density at radius 1 is 1.06 bits per heavy atom. The van der Waals surface area contributed by atoms with Gasteiger partial charge in [0.1, 0.15) is 12.4 Å². The number of carbonyl (C=O) groups excluding carboxylic acids is 3. The van der Waals surface area contributed by atoms with Crippen LogP contribution in [0, 0.1) is 34.5 Å². The molecule has 6 heteroatoms. The molecule has 0 spiro atoms. The highest BCUT2D eigenvalue weighted by Gasteiger charge is 2.61. The van der Waals surface area contributed by atoms with Crippen LogP contribution in [0.1, 0.15) is 78.1 Å². The summed E-state index contributed by atoms with van der Waals surface area (Å²) in [5.74, 6) is 0.442. The first-order valence-electron chi connectivity index (χ1n) is 11.8. The summed E-state index contributed by atoms with van der Waals surface area (Å²) in [5.41, 5.74) is 0.865. The monoisotopic (exact) mass is 430 g/mol. The van der Waals surface area contributed by atoms with E-state index in [2.05, 4.69) is 6.92 Å². The third-order valence-corrected chi connectivity index (χ3v) is 9.21. The largest absolute Gasteiger partial charge is 0.481 e. The first-order chi connectivity index (χ1) is 14.7. The van der Waals surface area contributed by atoms with Crippen molar-refractivity contribution in [1.82, 2.24) is 0 Å². The smallest absolute Gasteiger partial charge is 0.306 e. The summed E-state index contributed by atoms with van der Waals surface area (Å²) >= 11 is 0. The molecule has 4 unspecified atom stereocenters. The van der Waals surface area contributed by atoms with Crippen LogP contribution in [0.4, 0.5) is 0 Å². The van der Waals surface area contributed by atoms with Crippen LogP contribution in [0.2, 0.25) is 0 Å². The molecule has 31 heavy (non-hydrogen) atoms. The van der Waals surface area contributed by atoms with Crippen LogP contribution >= 0.6 is 0 Å². The third-order valence-electron chi connectivity index (χ3n) is 9.21. The molecule has 4 aliphatic rings. The van der Waals surface area contributed by atoms with Gasteiger partial charge in [0.15, 0.2) is 5.78 Å². The normalized spacial score (nSPS) is 39.0. The van der Waals surface area contributed by atoms with E-state index < -0.39 is 11.9 Å². The van der Waals surface area contributed by atoms with Crippen LogP contribution < -0.4 is 0 Å². The molecule has 0 aliphatic heterocycles. The van der Waals surface area contributed by atoms with Crippen molar-refractivity contribution in [2.45, 2.75) is 78.1 Å².